The van der Waals surface area contributed by atoms with Crippen molar-refractivity contribution in [2.75, 3.05) is 12.3 Å². The van der Waals surface area contributed by atoms with Gasteiger partial charge in [-0.15, -0.1) is 11.8 Å². The molecule has 0 aromatic heterocycles. The van der Waals surface area contributed by atoms with Crippen LogP contribution in [0.3, 0.4) is 0 Å². The molecule has 2 aliphatic rings. The van der Waals surface area contributed by atoms with E-state index >= 15 is 0 Å². The maximum Gasteiger partial charge on any atom is 0.0772 e. The molecule has 1 atom stereocenters. The molecule has 1 aromatic carbocycles. The zero-order valence-electron chi connectivity index (χ0n) is 13.2. The van der Waals surface area contributed by atoms with Gasteiger partial charge in [-0.25, -0.2) is 0 Å². The highest BCUT2D eigenvalue weighted by Crippen LogP contribution is 2.41. The average Bonchev–Trinajstić information content (AvgIpc) is 2.49. The molecule has 1 unspecified atom stereocenters. The SMILES string of the molecule is CC1(C)CCC(O)(CNC2CCSc3ccccc32)CC1. The van der Waals surface area contributed by atoms with Gasteiger partial charge in [-0.3, -0.25) is 0 Å². The van der Waals surface area contributed by atoms with Gasteiger partial charge in [-0.1, -0.05) is 32.0 Å². The van der Waals surface area contributed by atoms with E-state index in [-0.39, 0.29) is 0 Å². The van der Waals surface area contributed by atoms with Crippen LogP contribution < -0.4 is 5.32 Å². The number of hydrogen-bond donors (Lipinski definition) is 2. The summed E-state index contributed by atoms with van der Waals surface area (Å²) in [5, 5.41) is 14.5. The lowest BCUT2D eigenvalue weighted by atomic mass is 9.71. The largest absolute Gasteiger partial charge is 0.389 e. The molecule has 1 heterocycles. The summed E-state index contributed by atoms with van der Waals surface area (Å²) < 4.78 is 0. The Morgan fingerprint density at radius 3 is 2.67 bits per heavy atom. The molecule has 0 spiro atoms. The molecular weight excluding hydrogens is 278 g/mol. The Hall–Kier alpha value is -0.510. The van der Waals surface area contributed by atoms with Gasteiger partial charge in [0.1, 0.15) is 0 Å². The molecule has 1 aliphatic carbocycles. The fraction of sp³-hybridized carbons (Fsp3) is 0.667. The molecule has 0 radical (unpaired) electrons. The second kappa shape index (κ2) is 5.94. The molecule has 1 aliphatic heterocycles. The van der Waals surface area contributed by atoms with Gasteiger partial charge in [0.25, 0.3) is 0 Å². The Bertz CT molecular complexity index is 490. The van der Waals surface area contributed by atoms with Crippen molar-refractivity contribution in [1.82, 2.24) is 5.32 Å². The fourth-order valence-electron chi connectivity index (χ4n) is 3.44. The Balaban J connectivity index is 1.61. The minimum absolute atomic E-state index is 0.403. The monoisotopic (exact) mass is 305 g/mol. The number of hydrogen-bond acceptors (Lipinski definition) is 3. The molecule has 2 nitrogen and oxygen atoms in total. The van der Waals surface area contributed by atoms with Gasteiger partial charge in [0.2, 0.25) is 0 Å². The topological polar surface area (TPSA) is 32.3 Å². The van der Waals surface area contributed by atoms with Crippen LogP contribution >= 0.6 is 11.8 Å². The van der Waals surface area contributed by atoms with Crippen molar-refractivity contribution in [2.45, 2.75) is 62.5 Å². The molecule has 0 bridgehead atoms. The predicted molar refractivity (Wildman–Crippen MR) is 89.7 cm³/mol. The minimum Gasteiger partial charge on any atom is -0.389 e. The summed E-state index contributed by atoms with van der Waals surface area (Å²) >= 11 is 1.95. The molecule has 116 valence electrons. The van der Waals surface area contributed by atoms with Crippen LogP contribution in [0.15, 0.2) is 29.2 Å². The van der Waals surface area contributed by atoms with Gasteiger partial charge < -0.3 is 10.4 Å². The number of aliphatic hydroxyl groups is 1. The average molecular weight is 305 g/mol. The molecule has 1 aromatic rings. The third kappa shape index (κ3) is 3.64. The Morgan fingerprint density at radius 2 is 1.90 bits per heavy atom. The normalized spacial score (nSPS) is 27.1. The first-order chi connectivity index (χ1) is 9.98. The highest BCUT2D eigenvalue weighted by atomic mass is 32.2. The van der Waals surface area contributed by atoms with Crippen LogP contribution in [0, 0.1) is 5.41 Å². The van der Waals surface area contributed by atoms with Gasteiger partial charge in [-0.05, 0) is 54.9 Å². The van der Waals surface area contributed by atoms with E-state index in [1.807, 2.05) is 11.8 Å². The standard InChI is InChI=1S/C18H27NOS/c1-17(2)8-10-18(20,11-9-17)13-19-15-7-12-21-16-6-4-3-5-14(15)16/h3-6,15,19-20H,7-13H2,1-2H3. The van der Waals surface area contributed by atoms with Crippen LogP contribution in [0.25, 0.3) is 0 Å². The summed E-state index contributed by atoms with van der Waals surface area (Å²) in [6.07, 6.45) is 5.26. The Morgan fingerprint density at radius 1 is 1.19 bits per heavy atom. The maximum absolute atomic E-state index is 10.8. The summed E-state index contributed by atoms with van der Waals surface area (Å²) in [6, 6.07) is 9.09. The van der Waals surface area contributed by atoms with Crippen LogP contribution in [0.4, 0.5) is 0 Å². The highest BCUT2D eigenvalue weighted by Gasteiger charge is 2.37. The molecule has 21 heavy (non-hydrogen) atoms. The zero-order valence-corrected chi connectivity index (χ0v) is 14.0. The van der Waals surface area contributed by atoms with Gasteiger partial charge in [0, 0.05) is 17.5 Å². The molecular formula is C18H27NOS. The van der Waals surface area contributed by atoms with Crippen LogP contribution in [0.2, 0.25) is 0 Å². The Labute approximate surface area is 132 Å². The first kappa shape index (κ1) is 15.4. The number of nitrogens with one attached hydrogen (secondary N) is 1. The second-order valence-corrected chi connectivity index (χ2v) is 8.63. The van der Waals surface area contributed by atoms with Crippen molar-refractivity contribution in [3.8, 4) is 0 Å². The van der Waals surface area contributed by atoms with Crippen molar-refractivity contribution >= 4 is 11.8 Å². The van der Waals surface area contributed by atoms with Gasteiger partial charge in [-0.2, -0.15) is 0 Å². The van der Waals surface area contributed by atoms with E-state index in [4.69, 9.17) is 0 Å². The lowest BCUT2D eigenvalue weighted by Crippen LogP contribution is -2.46. The lowest BCUT2D eigenvalue weighted by Gasteiger charge is -2.41. The second-order valence-electron chi connectivity index (χ2n) is 7.50. The van der Waals surface area contributed by atoms with Crippen molar-refractivity contribution in [3.05, 3.63) is 29.8 Å². The van der Waals surface area contributed by atoms with Gasteiger partial charge >= 0.3 is 0 Å². The quantitative estimate of drug-likeness (QED) is 0.880. The van der Waals surface area contributed by atoms with Crippen molar-refractivity contribution in [2.24, 2.45) is 5.41 Å². The third-order valence-corrected chi connectivity index (χ3v) is 6.29. The maximum atomic E-state index is 10.8. The van der Waals surface area contributed by atoms with Gasteiger partial charge in [0.05, 0.1) is 5.60 Å². The van der Waals surface area contributed by atoms with E-state index in [2.05, 4.69) is 43.4 Å². The summed E-state index contributed by atoms with van der Waals surface area (Å²) in [5.74, 6) is 1.17. The summed E-state index contributed by atoms with van der Waals surface area (Å²) in [4.78, 5) is 1.40. The van der Waals surface area contributed by atoms with Crippen LogP contribution in [-0.2, 0) is 0 Å². The highest BCUT2D eigenvalue weighted by molar-refractivity contribution is 7.99. The number of fused-ring (bicyclic) bond motifs is 1. The first-order valence-electron chi connectivity index (χ1n) is 8.15. The molecule has 0 saturated heterocycles. The Kier molecular flexibility index (Phi) is 4.35. The summed E-state index contributed by atoms with van der Waals surface area (Å²) in [7, 11) is 0. The molecule has 1 saturated carbocycles. The van der Waals surface area contributed by atoms with E-state index < -0.39 is 5.60 Å². The number of rotatable bonds is 3. The summed E-state index contributed by atoms with van der Waals surface area (Å²) in [5.41, 5.74) is 1.31. The zero-order chi connectivity index (χ0) is 14.9. The smallest absolute Gasteiger partial charge is 0.0772 e. The van der Waals surface area contributed by atoms with Crippen LogP contribution in [-0.4, -0.2) is 23.0 Å². The van der Waals surface area contributed by atoms with E-state index in [0.29, 0.717) is 11.5 Å². The minimum atomic E-state index is -0.505. The van der Waals surface area contributed by atoms with Crippen molar-refractivity contribution < 1.29 is 5.11 Å². The van der Waals surface area contributed by atoms with E-state index in [0.717, 1.165) is 38.6 Å². The number of benzene rings is 1. The predicted octanol–water partition coefficient (Wildman–Crippen LogP) is 4.14. The first-order valence-corrected chi connectivity index (χ1v) is 9.14. The molecule has 0 amide bonds. The van der Waals surface area contributed by atoms with Crippen molar-refractivity contribution in [1.29, 1.82) is 0 Å². The molecule has 2 N–H and O–H groups in total. The van der Waals surface area contributed by atoms with E-state index in [1.54, 1.807) is 0 Å². The van der Waals surface area contributed by atoms with Crippen LogP contribution in [0.1, 0.15) is 57.6 Å². The number of thioether (sulfide) groups is 1. The molecule has 3 heteroatoms. The van der Waals surface area contributed by atoms with E-state index in [1.165, 1.54) is 16.2 Å². The fourth-order valence-corrected chi connectivity index (χ4v) is 4.56. The summed E-state index contributed by atoms with van der Waals surface area (Å²) in [6.45, 7) is 5.36. The van der Waals surface area contributed by atoms with Crippen LogP contribution in [0.5, 0.6) is 0 Å². The third-order valence-electron chi connectivity index (χ3n) is 5.17. The van der Waals surface area contributed by atoms with Gasteiger partial charge in [0.15, 0.2) is 0 Å². The molecule has 1 fully saturated rings. The van der Waals surface area contributed by atoms with Crippen molar-refractivity contribution in [3.63, 3.8) is 0 Å². The van der Waals surface area contributed by atoms with E-state index in [9.17, 15) is 5.11 Å². The lowest BCUT2D eigenvalue weighted by molar-refractivity contribution is -0.0262. The molecule has 3 rings (SSSR count).